The molecule has 0 saturated carbocycles. The van der Waals surface area contributed by atoms with Crippen LogP contribution in [0, 0.1) is 0 Å². The van der Waals surface area contributed by atoms with Gasteiger partial charge in [-0.1, -0.05) is 30.3 Å². The van der Waals surface area contributed by atoms with Crippen LogP contribution >= 0.6 is 0 Å². The summed E-state index contributed by atoms with van der Waals surface area (Å²) in [5, 5.41) is 3.60. The Morgan fingerprint density at radius 3 is 2.71 bits per heavy atom. The third-order valence-electron chi connectivity index (χ3n) is 4.63. The van der Waals surface area contributed by atoms with Crippen molar-refractivity contribution < 1.29 is 9.53 Å². The highest BCUT2D eigenvalue weighted by atomic mass is 16.5. The number of carbonyl (C=O) groups is 1. The van der Waals surface area contributed by atoms with Gasteiger partial charge in [-0.05, 0) is 29.7 Å². The van der Waals surface area contributed by atoms with Crippen LogP contribution < -0.4 is 10.1 Å². The SMILES string of the molecule is COc1ccc2c3c1C(=O)CCC3C(c1ccccc1)N2. The van der Waals surface area contributed by atoms with Gasteiger partial charge in [-0.3, -0.25) is 4.79 Å². The molecule has 0 saturated heterocycles. The normalized spacial score (nSPS) is 22.6. The summed E-state index contributed by atoms with van der Waals surface area (Å²) >= 11 is 0. The molecule has 3 nitrogen and oxygen atoms in total. The average molecular weight is 279 g/mol. The molecule has 0 aromatic heterocycles. The number of anilines is 1. The molecule has 3 heteroatoms. The molecule has 0 bridgehead atoms. The van der Waals surface area contributed by atoms with Crippen LogP contribution in [0.25, 0.3) is 0 Å². The Kier molecular flexibility index (Phi) is 2.74. The van der Waals surface area contributed by atoms with Crippen LogP contribution in [-0.4, -0.2) is 12.9 Å². The summed E-state index contributed by atoms with van der Waals surface area (Å²) in [5.41, 5.74) is 4.30. The molecule has 2 aliphatic rings. The van der Waals surface area contributed by atoms with Crippen molar-refractivity contribution in [1.82, 2.24) is 0 Å². The molecular formula is C18H17NO2. The van der Waals surface area contributed by atoms with E-state index in [1.807, 2.05) is 18.2 Å². The minimum absolute atomic E-state index is 0.204. The zero-order chi connectivity index (χ0) is 14.4. The topological polar surface area (TPSA) is 38.3 Å². The molecule has 106 valence electrons. The zero-order valence-corrected chi connectivity index (χ0v) is 11.9. The van der Waals surface area contributed by atoms with Crippen molar-refractivity contribution in [2.75, 3.05) is 12.4 Å². The summed E-state index contributed by atoms with van der Waals surface area (Å²) in [5.74, 6) is 1.26. The molecule has 4 rings (SSSR count). The predicted molar refractivity (Wildman–Crippen MR) is 82.1 cm³/mol. The van der Waals surface area contributed by atoms with Gasteiger partial charge in [0.25, 0.3) is 0 Å². The lowest BCUT2D eigenvalue weighted by atomic mass is 9.78. The number of ether oxygens (including phenoxy) is 1. The van der Waals surface area contributed by atoms with E-state index in [2.05, 4.69) is 29.6 Å². The van der Waals surface area contributed by atoms with Gasteiger partial charge < -0.3 is 10.1 Å². The molecule has 1 aliphatic carbocycles. The van der Waals surface area contributed by atoms with Crippen molar-refractivity contribution in [3.63, 3.8) is 0 Å². The smallest absolute Gasteiger partial charge is 0.166 e. The van der Waals surface area contributed by atoms with E-state index in [-0.39, 0.29) is 11.8 Å². The van der Waals surface area contributed by atoms with Crippen molar-refractivity contribution >= 4 is 11.5 Å². The number of nitrogens with one attached hydrogen (secondary N) is 1. The van der Waals surface area contributed by atoms with E-state index in [0.29, 0.717) is 18.1 Å². The molecule has 0 fully saturated rings. The van der Waals surface area contributed by atoms with Crippen LogP contribution in [0.5, 0.6) is 5.75 Å². The van der Waals surface area contributed by atoms with E-state index in [4.69, 9.17) is 4.74 Å². The van der Waals surface area contributed by atoms with E-state index in [1.165, 1.54) is 5.56 Å². The second-order valence-corrected chi connectivity index (χ2v) is 5.71. The fourth-order valence-corrected chi connectivity index (χ4v) is 3.70. The molecule has 2 unspecified atom stereocenters. The maximum Gasteiger partial charge on any atom is 0.166 e. The number of benzene rings is 2. The van der Waals surface area contributed by atoms with Gasteiger partial charge in [0, 0.05) is 18.0 Å². The number of rotatable bonds is 2. The third kappa shape index (κ3) is 1.77. The van der Waals surface area contributed by atoms with Crippen LogP contribution in [0.2, 0.25) is 0 Å². The standard InChI is InChI=1S/C18H17NO2/c1-21-15-10-8-13-16-12(7-9-14(20)17(15)16)18(19-13)11-5-3-2-4-6-11/h2-6,8,10,12,18-19H,7,9H2,1H3. The Bertz CT molecular complexity index is 709. The first kappa shape index (κ1) is 12.5. The molecule has 1 aliphatic heterocycles. The molecule has 1 heterocycles. The van der Waals surface area contributed by atoms with Crippen molar-refractivity contribution in [2.24, 2.45) is 0 Å². The van der Waals surface area contributed by atoms with Crippen LogP contribution in [-0.2, 0) is 0 Å². The number of carbonyl (C=O) groups excluding carboxylic acids is 1. The lowest BCUT2D eigenvalue weighted by Gasteiger charge is -2.25. The summed E-state index contributed by atoms with van der Waals surface area (Å²) in [4.78, 5) is 12.3. The molecule has 21 heavy (non-hydrogen) atoms. The van der Waals surface area contributed by atoms with Gasteiger partial charge in [0.15, 0.2) is 5.78 Å². The number of Topliss-reactive ketones (excluding diaryl/α,β-unsaturated/α-hetero) is 1. The van der Waals surface area contributed by atoms with Gasteiger partial charge in [-0.15, -0.1) is 0 Å². The van der Waals surface area contributed by atoms with Crippen molar-refractivity contribution in [3.05, 3.63) is 59.2 Å². The molecule has 0 radical (unpaired) electrons. The van der Waals surface area contributed by atoms with Crippen molar-refractivity contribution in [1.29, 1.82) is 0 Å². The van der Waals surface area contributed by atoms with Crippen molar-refractivity contribution in [3.8, 4) is 5.75 Å². The molecule has 2 atom stereocenters. The van der Waals surface area contributed by atoms with Crippen LogP contribution in [0.3, 0.4) is 0 Å². The Labute approximate surface area is 123 Å². The van der Waals surface area contributed by atoms with Crippen LogP contribution in [0.15, 0.2) is 42.5 Å². The largest absolute Gasteiger partial charge is 0.496 e. The fraction of sp³-hybridized carbons (Fsp3) is 0.278. The fourth-order valence-electron chi connectivity index (χ4n) is 3.70. The van der Waals surface area contributed by atoms with Gasteiger partial charge in [0.2, 0.25) is 0 Å². The first-order valence-electron chi connectivity index (χ1n) is 7.35. The van der Waals surface area contributed by atoms with Gasteiger partial charge in [-0.25, -0.2) is 0 Å². The lowest BCUT2D eigenvalue weighted by Crippen LogP contribution is -2.18. The monoisotopic (exact) mass is 279 g/mol. The Morgan fingerprint density at radius 2 is 1.95 bits per heavy atom. The van der Waals surface area contributed by atoms with Gasteiger partial charge >= 0.3 is 0 Å². The van der Waals surface area contributed by atoms with E-state index in [1.54, 1.807) is 7.11 Å². The molecule has 1 N–H and O–H groups in total. The second kappa shape index (κ2) is 4.62. The summed E-state index contributed by atoms with van der Waals surface area (Å²) in [6.07, 6.45) is 1.50. The Morgan fingerprint density at radius 1 is 1.14 bits per heavy atom. The summed E-state index contributed by atoms with van der Waals surface area (Å²) in [6.45, 7) is 0. The van der Waals surface area contributed by atoms with Crippen LogP contribution in [0.1, 0.15) is 46.3 Å². The molecule has 2 aromatic rings. The number of ketones is 1. The average Bonchev–Trinajstić information content (AvgIpc) is 2.91. The number of hydrogen-bond donors (Lipinski definition) is 1. The number of hydrogen-bond acceptors (Lipinski definition) is 3. The Balaban J connectivity index is 1.86. The lowest BCUT2D eigenvalue weighted by molar-refractivity contribution is 0.0963. The number of methoxy groups -OCH3 is 1. The van der Waals surface area contributed by atoms with E-state index in [9.17, 15) is 4.79 Å². The highest BCUT2D eigenvalue weighted by Gasteiger charge is 2.40. The minimum atomic E-state index is 0.204. The first-order valence-corrected chi connectivity index (χ1v) is 7.35. The quantitative estimate of drug-likeness (QED) is 0.905. The summed E-state index contributed by atoms with van der Waals surface area (Å²) < 4.78 is 5.41. The second-order valence-electron chi connectivity index (χ2n) is 5.71. The minimum Gasteiger partial charge on any atom is -0.496 e. The van der Waals surface area contributed by atoms with Crippen LogP contribution in [0.4, 0.5) is 5.69 Å². The van der Waals surface area contributed by atoms with Gasteiger partial charge in [0.05, 0.1) is 18.7 Å². The highest BCUT2D eigenvalue weighted by molar-refractivity contribution is 6.03. The highest BCUT2D eigenvalue weighted by Crippen LogP contribution is 2.52. The molecular weight excluding hydrogens is 262 g/mol. The van der Waals surface area contributed by atoms with E-state index >= 15 is 0 Å². The zero-order valence-electron chi connectivity index (χ0n) is 11.9. The van der Waals surface area contributed by atoms with E-state index < -0.39 is 0 Å². The van der Waals surface area contributed by atoms with Gasteiger partial charge in [-0.2, -0.15) is 0 Å². The van der Waals surface area contributed by atoms with Crippen molar-refractivity contribution in [2.45, 2.75) is 24.8 Å². The van der Waals surface area contributed by atoms with E-state index in [0.717, 1.165) is 23.2 Å². The molecule has 2 aromatic carbocycles. The molecule has 0 spiro atoms. The first-order chi connectivity index (χ1) is 10.3. The summed E-state index contributed by atoms with van der Waals surface area (Å²) in [6, 6.07) is 14.6. The Hall–Kier alpha value is -2.29. The maximum absolute atomic E-state index is 12.3. The molecule has 0 amide bonds. The summed E-state index contributed by atoms with van der Waals surface area (Å²) in [7, 11) is 1.63. The van der Waals surface area contributed by atoms with Gasteiger partial charge in [0.1, 0.15) is 5.75 Å². The maximum atomic E-state index is 12.3. The third-order valence-corrected chi connectivity index (χ3v) is 4.63. The predicted octanol–water partition coefficient (Wildman–Crippen LogP) is 3.92.